The van der Waals surface area contributed by atoms with Gasteiger partial charge >= 0.3 is 7.55 Å². The molecule has 4 nitrogen and oxygen atoms in total. The summed E-state index contributed by atoms with van der Waals surface area (Å²) in [4.78, 5) is 0. The maximum Gasteiger partial charge on any atom is 0.544 e. The van der Waals surface area contributed by atoms with Gasteiger partial charge in [-0.1, -0.05) is 0 Å². The van der Waals surface area contributed by atoms with Gasteiger partial charge in [-0.25, -0.2) is 4.57 Å². The number of aromatic nitrogens is 2. The summed E-state index contributed by atoms with van der Waals surface area (Å²) < 4.78 is 9.58. The predicted molar refractivity (Wildman–Crippen MR) is 67.1 cm³/mol. The lowest BCUT2D eigenvalue weighted by atomic mass is 9.96. The zero-order valence-corrected chi connectivity index (χ0v) is 10.2. The smallest absolute Gasteiger partial charge is 0.496 e. The van der Waals surface area contributed by atoms with Crippen LogP contribution in [-0.2, 0) is 7.05 Å². The van der Waals surface area contributed by atoms with Crippen molar-refractivity contribution in [2.24, 2.45) is 7.05 Å². The average molecular weight is 227 g/mol. The number of anilines is 1. The van der Waals surface area contributed by atoms with Crippen molar-refractivity contribution in [2.75, 3.05) is 12.3 Å². The van der Waals surface area contributed by atoms with Crippen LogP contribution in [0, 0.1) is 6.92 Å². The summed E-state index contributed by atoms with van der Waals surface area (Å²) in [5.74, 6) is 2.08. The van der Waals surface area contributed by atoms with E-state index in [0.717, 1.165) is 22.8 Å². The summed E-state index contributed by atoms with van der Waals surface area (Å²) >= 11 is 0. The Hall–Kier alpha value is -1.91. The first kappa shape index (κ1) is 10.3. The number of nitrogens with zero attached hydrogens (tertiary/aromatic N) is 2. The summed E-state index contributed by atoms with van der Waals surface area (Å²) in [6.45, 7) is 2.09. The first-order chi connectivity index (χ1) is 8.22. The van der Waals surface area contributed by atoms with E-state index < -0.39 is 0 Å². The van der Waals surface area contributed by atoms with Gasteiger partial charge in [0.05, 0.1) is 19.7 Å². The molecule has 0 saturated carbocycles. The van der Waals surface area contributed by atoms with Crippen LogP contribution in [0.15, 0.2) is 24.5 Å². The molecule has 0 unspecified atom stereocenters. The number of fused-ring (bicyclic) bond motifs is 3. The van der Waals surface area contributed by atoms with E-state index in [2.05, 4.69) is 21.2 Å². The maximum absolute atomic E-state index is 5.39. The fourth-order valence-corrected chi connectivity index (χ4v) is 2.37. The van der Waals surface area contributed by atoms with Crippen LogP contribution in [-0.4, -0.2) is 19.2 Å². The second-order valence-electron chi connectivity index (χ2n) is 4.23. The van der Waals surface area contributed by atoms with Crippen LogP contribution in [0.1, 0.15) is 5.56 Å². The molecule has 1 aliphatic rings. The van der Waals surface area contributed by atoms with E-state index >= 15 is 0 Å². The van der Waals surface area contributed by atoms with Crippen molar-refractivity contribution in [3.05, 3.63) is 30.1 Å². The first-order valence-electron chi connectivity index (χ1n) is 5.56. The number of ether oxygens (including phenoxy) is 1. The number of methoxy groups -OCH3 is 1. The number of hydrogen-bond acceptors (Lipinski definition) is 2. The van der Waals surface area contributed by atoms with E-state index in [1.165, 1.54) is 5.56 Å². The fourth-order valence-electron chi connectivity index (χ4n) is 2.37. The molecule has 3 rings (SSSR count). The Morgan fingerprint density at radius 3 is 3.00 bits per heavy atom. The number of nitrogens with one attached hydrogen (secondary N) is 1. The Balaban J connectivity index is 2.32. The number of hydrogen-bond donors (Lipinski definition) is 1. The lowest BCUT2D eigenvalue weighted by Gasteiger charge is -2.18. The topological polar surface area (TPSA) is 30.1 Å². The molecule has 1 aliphatic heterocycles. The van der Waals surface area contributed by atoms with Crippen LogP contribution in [0.3, 0.4) is 0 Å². The first-order valence-corrected chi connectivity index (χ1v) is 5.56. The molecule has 1 aromatic heterocycles. The third kappa shape index (κ3) is 1.35. The molecule has 2 aromatic rings. The monoisotopic (exact) mass is 227 g/mol. The van der Waals surface area contributed by atoms with Crippen LogP contribution < -0.4 is 14.4 Å². The van der Waals surface area contributed by atoms with E-state index in [9.17, 15) is 0 Å². The number of imidazole rings is 1. The van der Waals surface area contributed by atoms with Crippen molar-refractivity contribution in [3.63, 3.8) is 0 Å². The fraction of sp³-hybridized carbons (Fsp3) is 0.250. The Labute approximate surface area is 101 Å². The standard InChI is InChI=1S/C12H14BN3O/c1-8-10(17-3)5-4-9-11(8)12-15(2)6-7-16(12)13-14-9/h4-7,14H,1-3H3/q+1. The Morgan fingerprint density at radius 1 is 1.41 bits per heavy atom. The second kappa shape index (κ2) is 3.55. The Bertz CT molecular complexity index is 592. The van der Waals surface area contributed by atoms with Crippen molar-refractivity contribution < 1.29 is 9.21 Å². The van der Waals surface area contributed by atoms with Gasteiger partial charge in [-0.2, -0.15) is 0 Å². The molecule has 85 valence electrons. The van der Waals surface area contributed by atoms with Crippen LogP contribution in [0.2, 0.25) is 0 Å². The molecule has 1 radical (unpaired) electrons. The highest BCUT2D eigenvalue weighted by Gasteiger charge is 2.29. The minimum Gasteiger partial charge on any atom is -0.496 e. The predicted octanol–water partition coefficient (Wildman–Crippen LogP) is 1.10. The Kier molecular flexibility index (Phi) is 2.14. The molecule has 0 saturated heterocycles. The molecule has 1 N–H and O–H groups in total. The molecule has 0 bridgehead atoms. The summed E-state index contributed by atoms with van der Waals surface area (Å²) in [5, 5.41) is 3.29. The third-order valence-corrected chi connectivity index (χ3v) is 3.25. The van der Waals surface area contributed by atoms with E-state index in [0.29, 0.717) is 0 Å². The zero-order valence-electron chi connectivity index (χ0n) is 10.2. The molecule has 0 aliphatic carbocycles. The van der Waals surface area contributed by atoms with Gasteiger partial charge in [-0.05, 0) is 19.1 Å². The molecule has 0 spiro atoms. The summed E-state index contributed by atoms with van der Waals surface area (Å²) in [6, 6.07) is 4.04. The van der Waals surface area contributed by atoms with Crippen molar-refractivity contribution in [1.82, 2.24) is 4.57 Å². The second-order valence-corrected chi connectivity index (χ2v) is 4.23. The summed E-state index contributed by atoms with van der Waals surface area (Å²) in [5.41, 5.74) is 3.46. The average Bonchev–Trinajstić information content (AvgIpc) is 2.72. The highest BCUT2D eigenvalue weighted by molar-refractivity contribution is 6.32. The molecule has 0 fully saturated rings. The van der Waals surface area contributed by atoms with Crippen LogP contribution in [0.5, 0.6) is 5.75 Å². The van der Waals surface area contributed by atoms with Gasteiger partial charge in [0.15, 0.2) is 0 Å². The van der Waals surface area contributed by atoms with Crippen LogP contribution in [0.25, 0.3) is 11.4 Å². The molecule has 2 heterocycles. The molecular weight excluding hydrogens is 213 g/mol. The zero-order chi connectivity index (χ0) is 12.0. The quantitative estimate of drug-likeness (QED) is 0.739. The van der Waals surface area contributed by atoms with Crippen LogP contribution >= 0.6 is 0 Å². The minimum absolute atomic E-state index is 0.917. The van der Waals surface area contributed by atoms with Gasteiger partial charge in [-0.15, -0.1) is 0 Å². The summed E-state index contributed by atoms with van der Waals surface area (Å²) in [6.07, 6.45) is 4.08. The van der Waals surface area contributed by atoms with E-state index in [1.54, 1.807) is 7.11 Å². The molecular formula is C12H14BN3O+. The van der Waals surface area contributed by atoms with Gasteiger partial charge in [0.2, 0.25) is 0 Å². The SMILES string of the molecule is COc1ccc2c(c1C)-c1n(C)cc[n+]1[B]N2. The lowest BCUT2D eigenvalue weighted by Crippen LogP contribution is -2.48. The molecule has 0 amide bonds. The minimum atomic E-state index is 0.917. The molecule has 0 atom stereocenters. The molecule has 1 aromatic carbocycles. The maximum atomic E-state index is 5.39. The van der Waals surface area contributed by atoms with Crippen molar-refractivity contribution >= 4 is 13.2 Å². The van der Waals surface area contributed by atoms with Gasteiger partial charge in [0, 0.05) is 11.3 Å². The number of rotatable bonds is 1. The van der Waals surface area contributed by atoms with Gasteiger partial charge in [0.1, 0.15) is 18.1 Å². The molecule has 17 heavy (non-hydrogen) atoms. The molecule has 5 heteroatoms. The van der Waals surface area contributed by atoms with Crippen molar-refractivity contribution in [3.8, 4) is 17.1 Å². The highest BCUT2D eigenvalue weighted by Crippen LogP contribution is 2.35. The highest BCUT2D eigenvalue weighted by atomic mass is 16.5. The van der Waals surface area contributed by atoms with Crippen molar-refractivity contribution in [2.45, 2.75) is 6.92 Å². The van der Waals surface area contributed by atoms with Gasteiger partial charge in [0.25, 0.3) is 5.82 Å². The third-order valence-electron chi connectivity index (χ3n) is 3.25. The van der Waals surface area contributed by atoms with Crippen molar-refractivity contribution in [1.29, 1.82) is 0 Å². The number of aryl methyl sites for hydroxylation is 1. The van der Waals surface area contributed by atoms with Crippen LogP contribution in [0.4, 0.5) is 5.69 Å². The summed E-state index contributed by atoms with van der Waals surface area (Å²) in [7, 11) is 5.72. The normalized spacial score (nSPS) is 12.2. The Morgan fingerprint density at radius 2 is 2.24 bits per heavy atom. The van der Waals surface area contributed by atoms with E-state index in [1.807, 2.05) is 39.1 Å². The van der Waals surface area contributed by atoms with E-state index in [-0.39, 0.29) is 0 Å². The number of benzene rings is 1. The van der Waals surface area contributed by atoms with E-state index in [4.69, 9.17) is 4.74 Å². The van der Waals surface area contributed by atoms with Gasteiger partial charge < -0.3 is 9.96 Å². The lowest BCUT2D eigenvalue weighted by molar-refractivity contribution is -0.516. The largest absolute Gasteiger partial charge is 0.544 e. The van der Waals surface area contributed by atoms with Gasteiger partial charge in [-0.3, -0.25) is 4.48 Å².